The molecule has 0 saturated carbocycles. The molecule has 0 aliphatic carbocycles. The number of anilines is 1. The first-order valence-corrected chi connectivity index (χ1v) is 6.43. The molecule has 1 aromatic heterocycles. The lowest BCUT2D eigenvalue weighted by Crippen LogP contribution is -2.28. The van der Waals surface area contributed by atoms with E-state index in [0.717, 1.165) is 22.3 Å². The summed E-state index contributed by atoms with van der Waals surface area (Å²) in [7, 11) is 1.84. The fourth-order valence-corrected chi connectivity index (χ4v) is 2.07. The van der Waals surface area contributed by atoms with Crippen molar-refractivity contribution in [2.24, 2.45) is 5.92 Å². The van der Waals surface area contributed by atoms with E-state index in [9.17, 15) is 4.79 Å². The Morgan fingerprint density at radius 1 is 1.37 bits per heavy atom. The van der Waals surface area contributed by atoms with Crippen molar-refractivity contribution >= 4 is 22.5 Å². The smallest absolute Gasteiger partial charge is 0.228 e. The standard InChI is InChI=1S/C15H19N3O/c1-10(9-16-3)15(19)18-14-8-11(2)17-13-7-5-4-6-12(13)14/h4-8,10,16H,9H2,1-3H3,(H,17,18,19). The first-order valence-electron chi connectivity index (χ1n) is 6.43. The van der Waals surface area contributed by atoms with Crippen LogP contribution >= 0.6 is 0 Å². The minimum atomic E-state index is -0.0720. The highest BCUT2D eigenvalue weighted by atomic mass is 16.1. The molecule has 0 spiro atoms. The summed E-state index contributed by atoms with van der Waals surface area (Å²) in [5.74, 6) is -0.0534. The monoisotopic (exact) mass is 257 g/mol. The van der Waals surface area contributed by atoms with Crippen LogP contribution in [0.25, 0.3) is 10.9 Å². The maximum atomic E-state index is 12.1. The lowest BCUT2D eigenvalue weighted by atomic mass is 10.1. The molecule has 4 heteroatoms. The largest absolute Gasteiger partial charge is 0.325 e. The van der Waals surface area contributed by atoms with Crippen molar-refractivity contribution in [2.75, 3.05) is 18.9 Å². The summed E-state index contributed by atoms with van der Waals surface area (Å²) in [5, 5.41) is 6.97. The number of rotatable bonds is 4. The Kier molecular flexibility index (Phi) is 4.12. The van der Waals surface area contributed by atoms with Crippen LogP contribution in [0.5, 0.6) is 0 Å². The number of aromatic nitrogens is 1. The zero-order chi connectivity index (χ0) is 13.8. The Balaban J connectivity index is 2.32. The molecule has 0 fully saturated rings. The minimum Gasteiger partial charge on any atom is -0.325 e. The van der Waals surface area contributed by atoms with Crippen LogP contribution in [0.1, 0.15) is 12.6 Å². The molecule has 1 aromatic carbocycles. The van der Waals surface area contributed by atoms with Gasteiger partial charge in [-0.3, -0.25) is 9.78 Å². The third-order valence-corrected chi connectivity index (χ3v) is 3.06. The van der Waals surface area contributed by atoms with Crippen molar-refractivity contribution in [2.45, 2.75) is 13.8 Å². The fourth-order valence-electron chi connectivity index (χ4n) is 2.07. The van der Waals surface area contributed by atoms with Crippen molar-refractivity contribution in [3.63, 3.8) is 0 Å². The van der Waals surface area contributed by atoms with E-state index in [1.54, 1.807) is 0 Å². The fraction of sp³-hybridized carbons (Fsp3) is 0.333. The van der Waals surface area contributed by atoms with Gasteiger partial charge in [0.25, 0.3) is 0 Å². The molecule has 2 aromatic rings. The topological polar surface area (TPSA) is 54.0 Å². The van der Waals surface area contributed by atoms with Gasteiger partial charge >= 0.3 is 0 Å². The summed E-state index contributed by atoms with van der Waals surface area (Å²) in [6.45, 7) is 4.50. The molecule has 1 amide bonds. The Labute approximate surface area is 113 Å². The van der Waals surface area contributed by atoms with Crippen molar-refractivity contribution in [1.29, 1.82) is 0 Å². The van der Waals surface area contributed by atoms with Gasteiger partial charge in [-0.05, 0) is 26.1 Å². The molecular formula is C15H19N3O. The third-order valence-electron chi connectivity index (χ3n) is 3.06. The van der Waals surface area contributed by atoms with Gasteiger partial charge in [0.05, 0.1) is 11.2 Å². The van der Waals surface area contributed by atoms with Gasteiger partial charge in [-0.1, -0.05) is 25.1 Å². The third kappa shape index (κ3) is 3.09. The molecule has 1 unspecified atom stereocenters. The first-order chi connectivity index (χ1) is 9.11. The van der Waals surface area contributed by atoms with Crippen LogP contribution in [0.2, 0.25) is 0 Å². The average molecular weight is 257 g/mol. The van der Waals surface area contributed by atoms with Gasteiger partial charge < -0.3 is 10.6 Å². The highest BCUT2D eigenvalue weighted by Gasteiger charge is 2.13. The number of benzene rings is 1. The predicted octanol–water partition coefficient (Wildman–Crippen LogP) is 2.34. The van der Waals surface area contributed by atoms with Crippen LogP contribution in [0.4, 0.5) is 5.69 Å². The number of para-hydroxylation sites is 1. The second-order valence-electron chi connectivity index (χ2n) is 4.78. The van der Waals surface area contributed by atoms with Crippen LogP contribution in [0.3, 0.4) is 0 Å². The van der Waals surface area contributed by atoms with E-state index in [0.29, 0.717) is 6.54 Å². The summed E-state index contributed by atoms with van der Waals surface area (Å²) >= 11 is 0. The molecule has 2 N–H and O–H groups in total. The number of carbonyl (C=O) groups is 1. The molecule has 19 heavy (non-hydrogen) atoms. The Bertz CT molecular complexity index is 595. The molecule has 100 valence electrons. The Morgan fingerprint density at radius 3 is 2.84 bits per heavy atom. The molecule has 0 aliphatic heterocycles. The average Bonchev–Trinajstić information content (AvgIpc) is 2.38. The van der Waals surface area contributed by atoms with Gasteiger partial charge in [0.2, 0.25) is 5.91 Å². The lowest BCUT2D eigenvalue weighted by molar-refractivity contribution is -0.119. The molecule has 0 radical (unpaired) electrons. The van der Waals surface area contributed by atoms with Gasteiger partial charge in [-0.25, -0.2) is 0 Å². The minimum absolute atomic E-state index is 0.0186. The second-order valence-corrected chi connectivity index (χ2v) is 4.78. The summed E-state index contributed by atoms with van der Waals surface area (Å²) in [6.07, 6.45) is 0. The molecule has 0 aliphatic rings. The Morgan fingerprint density at radius 2 is 2.11 bits per heavy atom. The van der Waals surface area contributed by atoms with Crippen LogP contribution in [-0.2, 0) is 4.79 Å². The predicted molar refractivity (Wildman–Crippen MR) is 78.2 cm³/mol. The number of amides is 1. The number of pyridine rings is 1. The number of fused-ring (bicyclic) bond motifs is 1. The number of hydrogen-bond acceptors (Lipinski definition) is 3. The van der Waals surface area contributed by atoms with Crippen molar-refractivity contribution < 1.29 is 4.79 Å². The highest BCUT2D eigenvalue weighted by Crippen LogP contribution is 2.23. The summed E-state index contributed by atoms with van der Waals surface area (Å²) in [5.41, 5.74) is 2.63. The number of nitrogens with zero attached hydrogens (tertiary/aromatic N) is 1. The van der Waals surface area contributed by atoms with Crippen molar-refractivity contribution in [3.8, 4) is 0 Å². The Hall–Kier alpha value is -1.94. The maximum Gasteiger partial charge on any atom is 0.228 e. The normalized spacial score (nSPS) is 12.4. The van der Waals surface area contributed by atoms with Crippen molar-refractivity contribution in [3.05, 3.63) is 36.0 Å². The van der Waals surface area contributed by atoms with E-state index in [1.165, 1.54) is 0 Å². The van der Waals surface area contributed by atoms with Gasteiger partial charge in [0, 0.05) is 23.5 Å². The SMILES string of the molecule is CNCC(C)C(=O)Nc1cc(C)nc2ccccc12. The summed E-state index contributed by atoms with van der Waals surface area (Å²) in [4.78, 5) is 16.5. The van der Waals surface area contributed by atoms with Crippen LogP contribution in [-0.4, -0.2) is 24.5 Å². The van der Waals surface area contributed by atoms with E-state index < -0.39 is 0 Å². The van der Waals surface area contributed by atoms with E-state index in [-0.39, 0.29) is 11.8 Å². The highest BCUT2D eigenvalue weighted by molar-refractivity contribution is 6.01. The van der Waals surface area contributed by atoms with Gasteiger partial charge in [-0.15, -0.1) is 0 Å². The first kappa shape index (κ1) is 13.5. The van der Waals surface area contributed by atoms with E-state index in [2.05, 4.69) is 15.6 Å². The molecule has 0 saturated heterocycles. The zero-order valence-electron chi connectivity index (χ0n) is 11.5. The quantitative estimate of drug-likeness (QED) is 0.884. The lowest BCUT2D eigenvalue weighted by Gasteiger charge is -2.13. The molecule has 2 rings (SSSR count). The molecule has 4 nitrogen and oxygen atoms in total. The number of aryl methyl sites for hydroxylation is 1. The molecule has 1 atom stereocenters. The number of hydrogen-bond donors (Lipinski definition) is 2. The van der Waals surface area contributed by atoms with Crippen molar-refractivity contribution in [1.82, 2.24) is 10.3 Å². The molecule has 1 heterocycles. The van der Waals surface area contributed by atoms with Gasteiger partial charge in [0.1, 0.15) is 0 Å². The maximum absolute atomic E-state index is 12.1. The number of carbonyl (C=O) groups excluding carboxylic acids is 1. The zero-order valence-corrected chi connectivity index (χ0v) is 11.5. The van der Waals surface area contributed by atoms with E-state index in [1.807, 2.05) is 51.2 Å². The van der Waals surface area contributed by atoms with E-state index >= 15 is 0 Å². The summed E-state index contributed by atoms with van der Waals surface area (Å²) < 4.78 is 0. The molecular weight excluding hydrogens is 238 g/mol. The van der Waals surface area contributed by atoms with Gasteiger partial charge in [0.15, 0.2) is 0 Å². The second kappa shape index (κ2) is 5.80. The molecule has 0 bridgehead atoms. The summed E-state index contributed by atoms with van der Waals surface area (Å²) in [6, 6.07) is 9.73. The van der Waals surface area contributed by atoms with E-state index in [4.69, 9.17) is 0 Å². The van der Waals surface area contributed by atoms with Crippen LogP contribution in [0, 0.1) is 12.8 Å². The van der Waals surface area contributed by atoms with Crippen LogP contribution < -0.4 is 10.6 Å². The number of nitrogens with one attached hydrogen (secondary N) is 2. The van der Waals surface area contributed by atoms with Crippen LogP contribution in [0.15, 0.2) is 30.3 Å². The van der Waals surface area contributed by atoms with Gasteiger partial charge in [-0.2, -0.15) is 0 Å².